The molecular formula is C17H24BNO7S. The fourth-order valence-corrected chi connectivity index (χ4v) is 3.83. The van der Waals surface area contributed by atoms with Crippen LogP contribution in [-0.4, -0.2) is 73.1 Å². The van der Waals surface area contributed by atoms with Crippen LogP contribution in [0.3, 0.4) is 0 Å². The number of hydrogen-bond donors (Lipinski definition) is 2. The van der Waals surface area contributed by atoms with Crippen LogP contribution in [0.4, 0.5) is 0 Å². The summed E-state index contributed by atoms with van der Waals surface area (Å²) < 4.78 is 27.5. The Morgan fingerprint density at radius 3 is 2.59 bits per heavy atom. The fraction of sp³-hybridized carbons (Fsp3) is 0.529. The highest BCUT2D eigenvalue weighted by Crippen LogP contribution is 2.25. The number of esters is 1. The average Bonchev–Trinajstić information content (AvgIpc) is 2.59. The number of hydrogen-bond acceptors (Lipinski definition) is 7. The van der Waals surface area contributed by atoms with Gasteiger partial charge < -0.3 is 19.7 Å². The molecule has 1 amide bonds. The molecule has 2 rings (SSSR count). The predicted octanol–water partition coefficient (Wildman–Crippen LogP) is -0.879. The number of rotatable bonds is 7. The average molecular weight is 397 g/mol. The molecule has 1 aromatic carbocycles. The van der Waals surface area contributed by atoms with E-state index in [2.05, 4.69) is 0 Å². The molecule has 0 saturated carbocycles. The summed E-state index contributed by atoms with van der Waals surface area (Å²) in [6.45, 7) is 3.42. The Morgan fingerprint density at radius 2 is 2.04 bits per heavy atom. The smallest absolute Gasteiger partial charge is 0.465 e. The topological polar surface area (TPSA) is 121 Å². The van der Waals surface area contributed by atoms with Crippen LogP contribution >= 0.6 is 0 Å². The second kappa shape index (κ2) is 7.99. The van der Waals surface area contributed by atoms with E-state index in [1.54, 1.807) is 13.0 Å². The van der Waals surface area contributed by atoms with Crippen LogP contribution in [-0.2, 0) is 25.8 Å². The van der Waals surface area contributed by atoms with Crippen molar-refractivity contribution in [2.45, 2.75) is 31.4 Å². The van der Waals surface area contributed by atoms with Crippen LogP contribution in [0, 0.1) is 0 Å². The summed E-state index contributed by atoms with van der Waals surface area (Å²) >= 11 is 0. The Hall–Kier alpha value is -1.91. The summed E-state index contributed by atoms with van der Waals surface area (Å²) in [4.78, 5) is 26.4. The molecular weight excluding hydrogens is 373 g/mol. The molecule has 27 heavy (non-hydrogen) atoms. The monoisotopic (exact) mass is 397 g/mol. The van der Waals surface area contributed by atoms with E-state index in [1.165, 1.54) is 24.0 Å². The third kappa shape index (κ3) is 4.33. The van der Waals surface area contributed by atoms with Crippen molar-refractivity contribution in [1.82, 2.24) is 4.90 Å². The van der Waals surface area contributed by atoms with Gasteiger partial charge in [0.05, 0.1) is 6.61 Å². The van der Waals surface area contributed by atoms with Crippen molar-refractivity contribution >= 4 is 34.3 Å². The van der Waals surface area contributed by atoms with Crippen molar-refractivity contribution in [3.63, 3.8) is 0 Å². The van der Waals surface area contributed by atoms with E-state index in [4.69, 9.17) is 4.74 Å². The van der Waals surface area contributed by atoms with Gasteiger partial charge in [0.25, 0.3) is 5.91 Å². The number of carbonyl (C=O) groups excluding carboxylic acids is 2. The Kier molecular flexibility index (Phi) is 6.33. The second-order valence-corrected chi connectivity index (χ2v) is 9.25. The molecule has 8 nitrogen and oxygen atoms in total. The molecule has 0 aromatic heterocycles. The molecule has 0 radical (unpaired) electrons. The number of nitrogens with zero attached hydrogens (tertiary/aromatic N) is 1. The van der Waals surface area contributed by atoms with Crippen molar-refractivity contribution < 1.29 is 32.8 Å². The Bertz CT molecular complexity index is 840. The van der Waals surface area contributed by atoms with Crippen molar-refractivity contribution in [1.29, 1.82) is 0 Å². The summed E-state index contributed by atoms with van der Waals surface area (Å²) in [6.07, 6.45) is 1.41. The van der Waals surface area contributed by atoms with Crippen LogP contribution in [0.5, 0.6) is 0 Å². The van der Waals surface area contributed by atoms with Crippen LogP contribution in [0.25, 0.3) is 0 Å². The molecule has 1 heterocycles. The minimum absolute atomic E-state index is 0.0685. The summed E-state index contributed by atoms with van der Waals surface area (Å²) in [5.41, 5.74) is 1.45. The molecule has 1 aliphatic rings. The highest BCUT2D eigenvalue weighted by Gasteiger charge is 2.45. The number of sulfone groups is 1. The van der Waals surface area contributed by atoms with E-state index in [9.17, 15) is 28.1 Å². The van der Waals surface area contributed by atoms with Crippen LogP contribution in [0.2, 0.25) is 0 Å². The van der Waals surface area contributed by atoms with E-state index >= 15 is 0 Å². The lowest BCUT2D eigenvalue weighted by atomic mass is 9.78. The Morgan fingerprint density at radius 1 is 1.37 bits per heavy atom. The largest absolute Gasteiger partial charge is 0.488 e. The highest BCUT2D eigenvalue weighted by molar-refractivity contribution is 7.92. The van der Waals surface area contributed by atoms with Crippen molar-refractivity contribution in [3.05, 3.63) is 29.3 Å². The van der Waals surface area contributed by atoms with Gasteiger partial charge in [0, 0.05) is 24.9 Å². The first kappa shape index (κ1) is 21.4. The third-order valence-electron chi connectivity index (χ3n) is 4.98. The van der Waals surface area contributed by atoms with Gasteiger partial charge in [-0.05, 0) is 43.8 Å². The summed E-state index contributed by atoms with van der Waals surface area (Å²) in [6, 6.07) is 4.57. The lowest BCUT2D eigenvalue weighted by Crippen LogP contribution is -2.48. The maximum Gasteiger partial charge on any atom is 0.488 e. The maximum absolute atomic E-state index is 12.7. The minimum Gasteiger partial charge on any atom is -0.465 e. The first-order chi connectivity index (χ1) is 12.5. The van der Waals surface area contributed by atoms with Gasteiger partial charge >= 0.3 is 13.1 Å². The van der Waals surface area contributed by atoms with Gasteiger partial charge in [0.2, 0.25) is 0 Å². The Labute approximate surface area is 159 Å². The standard InChI is InChI=1S/C17H24BNO7S/c1-4-26-16(21)17(2,27(3,24)25)8-10-19-9-7-12-11-13(18(22)23)5-6-14(12)15(19)20/h5-6,11,22-23H,4,7-10H2,1-3H3. The van der Waals surface area contributed by atoms with Crippen LogP contribution in [0.1, 0.15) is 36.2 Å². The van der Waals surface area contributed by atoms with Gasteiger partial charge in [-0.3, -0.25) is 9.59 Å². The van der Waals surface area contributed by atoms with Crippen molar-refractivity contribution in [3.8, 4) is 0 Å². The van der Waals surface area contributed by atoms with Gasteiger partial charge in [-0.1, -0.05) is 12.1 Å². The number of amides is 1. The van der Waals surface area contributed by atoms with Gasteiger partial charge in [-0.15, -0.1) is 0 Å². The number of benzene rings is 1. The van der Waals surface area contributed by atoms with Gasteiger partial charge in [-0.2, -0.15) is 0 Å². The third-order valence-corrected chi connectivity index (χ3v) is 6.99. The zero-order chi connectivity index (χ0) is 20.4. The highest BCUT2D eigenvalue weighted by atomic mass is 32.2. The normalized spacial score (nSPS) is 16.5. The lowest BCUT2D eigenvalue weighted by Gasteiger charge is -2.32. The molecule has 0 bridgehead atoms. The van der Waals surface area contributed by atoms with Crippen molar-refractivity contribution in [2.75, 3.05) is 26.0 Å². The zero-order valence-electron chi connectivity index (χ0n) is 15.6. The Balaban J connectivity index is 2.18. The summed E-state index contributed by atoms with van der Waals surface area (Å²) in [5.74, 6) is -1.10. The number of fused-ring (bicyclic) bond motifs is 1. The fourth-order valence-electron chi connectivity index (χ4n) is 3.00. The predicted molar refractivity (Wildman–Crippen MR) is 100 cm³/mol. The molecule has 1 aliphatic heterocycles. The first-order valence-electron chi connectivity index (χ1n) is 8.66. The van der Waals surface area contributed by atoms with E-state index in [1.807, 2.05) is 0 Å². The second-order valence-electron chi connectivity index (χ2n) is 6.81. The molecule has 1 atom stereocenters. The zero-order valence-corrected chi connectivity index (χ0v) is 16.5. The quantitative estimate of drug-likeness (QED) is 0.453. The number of ether oxygens (including phenoxy) is 1. The SMILES string of the molecule is CCOC(=O)C(C)(CCN1CCc2cc(B(O)O)ccc2C1=O)S(C)(=O)=O. The molecule has 2 N–H and O–H groups in total. The van der Waals surface area contributed by atoms with Crippen LogP contribution < -0.4 is 5.46 Å². The van der Waals surface area contributed by atoms with Crippen molar-refractivity contribution in [2.24, 2.45) is 0 Å². The minimum atomic E-state index is -3.75. The van der Waals surface area contributed by atoms with Gasteiger partial charge in [0.15, 0.2) is 14.6 Å². The lowest BCUT2D eigenvalue weighted by molar-refractivity contribution is -0.146. The molecule has 1 aromatic rings. The first-order valence-corrected chi connectivity index (χ1v) is 10.6. The molecule has 0 spiro atoms. The molecule has 148 valence electrons. The van der Waals surface area contributed by atoms with E-state index in [-0.39, 0.29) is 25.5 Å². The molecule has 10 heteroatoms. The van der Waals surface area contributed by atoms with Crippen LogP contribution in [0.15, 0.2) is 18.2 Å². The van der Waals surface area contributed by atoms with E-state index in [0.29, 0.717) is 29.6 Å². The summed E-state index contributed by atoms with van der Waals surface area (Å²) in [5, 5.41) is 18.5. The van der Waals surface area contributed by atoms with E-state index in [0.717, 1.165) is 6.26 Å². The molecule has 0 fully saturated rings. The molecule has 0 saturated heterocycles. The molecule has 1 unspecified atom stereocenters. The van der Waals surface area contributed by atoms with Gasteiger partial charge in [0.1, 0.15) is 0 Å². The van der Waals surface area contributed by atoms with Gasteiger partial charge in [-0.25, -0.2) is 8.42 Å². The number of carbonyl (C=O) groups is 2. The molecule has 0 aliphatic carbocycles. The summed E-state index contributed by atoms with van der Waals surface area (Å²) in [7, 11) is -5.36. The van der Waals surface area contributed by atoms with E-state index < -0.39 is 27.7 Å². The maximum atomic E-state index is 12.7.